The molecular formula is C11H17N3O4. The van der Waals surface area contributed by atoms with Gasteiger partial charge in [0.1, 0.15) is 0 Å². The average molecular weight is 255 g/mol. The number of carboxylic acids is 1. The third-order valence-electron chi connectivity index (χ3n) is 2.85. The Bertz CT molecular complexity index is 404. The SMILES string of the molecule is CCC(C)(CNC(=O)NCc1ccno1)C(=O)O. The smallest absolute Gasteiger partial charge is 0.315 e. The first-order chi connectivity index (χ1) is 8.48. The van der Waals surface area contributed by atoms with Crippen LogP contribution in [0.1, 0.15) is 26.0 Å². The van der Waals surface area contributed by atoms with Crippen LogP contribution in [0.4, 0.5) is 4.79 Å². The minimum atomic E-state index is -0.955. The van der Waals surface area contributed by atoms with E-state index in [0.29, 0.717) is 12.2 Å². The zero-order valence-electron chi connectivity index (χ0n) is 10.4. The van der Waals surface area contributed by atoms with E-state index in [0.717, 1.165) is 0 Å². The van der Waals surface area contributed by atoms with E-state index in [1.54, 1.807) is 19.9 Å². The molecule has 7 nitrogen and oxygen atoms in total. The van der Waals surface area contributed by atoms with E-state index >= 15 is 0 Å². The number of urea groups is 1. The second-order valence-corrected chi connectivity index (χ2v) is 4.23. The monoisotopic (exact) mass is 255 g/mol. The number of carbonyl (C=O) groups is 2. The number of hydrogen-bond donors (Lipinski definition) is 3. The largest absolute Gasteiger partial charge is 0.481 e. The van der Waals surface area contributed by atoms with Crippen molar-refractivity contribution in [2.75, 3.05) is 6.54 Å². The molecule has 1 atom stereocenters. The molecule has 0 spiro atoms. The molecule has 0 bridgehead atoms. The molecule has 0 aliphatic carbocycles. The first kappa shape index (κ1) is 14.0. The van der Waals surface area contributed by atoms with Gasteiger partial charge in [-0.15, -0.1) is 0 Å². The third kappa shape index (κ3) is 3.76. The van der Waals surface area contributed by atoms with E-state index in [-0.39, 0.29) is 13.1 Å². The molecule has 0 saturated heterocycles. The second-order valence-electron chi connectivity index (χ2n) is 4.23. The minimum Gasteiger partial charge on any atom is -0.481 e. The highest BCUT2D eigenvalue weighted by molar-refractivity contribution is 5.77. The summed E-state index contributed by atoms with van der Waals surface area (Å²) in [5.41, 5.74) is -0.955. The standard InChI is InChI=1S/C11H17N3O4/c1-3-11(2,9(15)16)7-13-10(17)12-6-8-4-5-14-18-8/h4-5H,3,6-7H2,1-2H3,(H,15,16)(H2,12,13,17). The summed E-state index contributed by atoms with van der Waals surface area (Å²) in [5, 5.41) is 17.6. The number of amides is 2. The summed E-state index contributed by atoms with van der Waals surface area (Å²) in [7, 11) is 0. The molecule has 1 aromatic rings. The van der Waals surface area contributed by atoms with Crippen molar-refractivity contribution in [2.24, 2.45) is 5.41 Å². The van der Waals surface area contributed by atoms with Gasteiger partial charge in [-0.2, -0.15) is 0 Å². The van der Waals surface area contributed by atoms with Crippen LogP contribution >= 0.6 is 0 Å². The maximum atomic E-state index is 11.4. The van der Waals surface area contributed by atoms with Crippen molar-refractivity contribution < 1.29 is 19.2 Å². The van der Waals surface area contributed by atoms with Gasteiger partial charge >= 0.3 is 12.0 Å². The number of carbonyl (C=O) groups excluding carboxylic acids is 1. The minimum absolute atomic E-state index is 0.0705. The predicted molar refractivity (Wildman–Crippen MR) is 62.8 cm³/mol. The van der Waals surface area contributed by atoms with E-state index in [9.17, 15) is 9.59 Å². The Hall–Kier alpha value is -2.05. The van der Waals surface area contributed by atoms with Crippen LogP contribution in [-0.4, -0.2) is 28.8 Å². The molecule has 18 heavy (non-hydrogen) atoms. The van der Waals surface area contributed by atoms with Gasteiger partial charge in [-0.3, -0.25) is 4.79 Å². The van der Waals surface area contributed by atoms with Crippen molar-refractivity contribution in [2.45, 2.75) is 26.8 Å². The highest BCUT2D eigenvalue weighted by Crippen LogP contribution is 2.19. The van der Waals surface area contributed by atoms with Crippen LogP contribution < -0.4 is 10.6 Å². The Morgan fingerprint density at radius 1 is 1.50 bits per heavy atom. The number of nitrogens with one attached hydrogen (secondary N) is 2. The van der Waals surface area contributed by atoms with E-state index in [2.05, 4.69) is 15.8 Å². The molecule has 100 valence electrons. The quantitative estimate of drug-likeness (QED) is 0.702. The Labute approximate surface area is 105 Å². The Morgan fingerprint density at radius 3 is 2.72 bits per heavy atom. The normalized spacial score (nSPS) is 13.7. The molecule has 0 aliphatic heterocycles. The zero-order valence-corrected chi connectivity index (χ0v) is 10.4. The molecule has 1 aromatic heterocycles. The highest BCUT2D eigenvalue weighted by atomic mass is 16.5. The molecule has 0 aromatic carbocycles. The number of carboxylic acid groups (broad SMARTS) is 1. The fraction of sp³-hybridized carbons (Fsp3) is 0.545. The van der Waals surface area contributed by atoms with Crippen molar-refractivity contribution in [3.05, 3.63) is 18.0 Å². The van der Waals surface area contributed by atoms with Gasteiger partial charge in [-0.05, 0) is 13.3 Å². The summed E-state index contributed by atoms with van der Waals surface area (Å²) >= 11 is 0. The molecule has 2 amide bonds. The van der Waals surface area contributed by atoms with Crippen molar-refractivity contribution in [1.82, 2.24) is 15.8 Å². The molecule has 0 radical (unpaired) electrons. The van der Waals surface area contributed by atoms with Gasteiger partial charge in [0.15, 0.2) is 5.76 Å². The average Bonchev–Trinajstić information content (AvgIpc) is 2.86. The lowest BCUT2D eigenvalue weighted by Crippen LogP contribution is -2.44. The molecule has 3 N–H and O–H groups in total. The van der Waals surface area contributed by atoms with Gasteiger partial charge in [0.05, 0.1) is 18.2 Å². The van der Waals surface area contributed by atoms with E-state index < -0.39 is 17.4 Å². The molecule has 7 heteroatoms. The summed E-state index contributed by atoms with van der Waals surface area (Å²) in [4.78, 5) is 22.5. The summed E-state index contributed by atoms with van der Waals surface area (Å²) < 4.78 is 4.80. The van der Waals surface area contributed by atoms with Gasteiger partial charge in [0, 0.05) is 12.6 Å². The summed E-state index contributed by atoms with van der Waals surface area (Å²) in [6.07, 6.45) is 1.91. The lowest BCUT2D eigenvalue weighted by molar-refractivity contribution is -0.147. The number of nitrogens with zero attached hydrogens (tertiary/aromatic N) is 1. The highest BCUT2D eigenvalue weighted by Gasteiger charge is 2.31. The van der Waals surface area contributed by atoms with Crippen LogP contribution in [0.15, 0.2) is 16.8 Å². The number of rotatable bonds is 6. The van der Waals surface area contributed by atoms with Crippen LogP contribution in [0, 0.1) is 5.41 Å². The number of aliphatic carboxylic acids is 1. The fourth-order valence-electron chi connectivity index (χ4n) is 1.19. The molecule has 0 aliphatic rings. The fourth-order valence-corrected chi connectivity index (χ4v) is 1.19. The Morgan fingerprint density at radius 2 is 2.22 bits per heavy atom. The topological polar surface area (TPSA) is 104 Å². The summed E-state index contributed by atoms with van der Waals surface area (Å²) in [5.74, 6) is -0.401. The maximum absolute atomic E-state index is 11.4. The van der Waals surface area contributed by atoms with Crippen LogP contribution in [0.3, 0.4) is 0 Å². The van der Waals surface area contributed by atoms with E-state index in [1.807, 2.05) is 0 Å². The third-order valence-corrected chi connectivity index (χ3v) is 2.85. The van der Waals surface area contributed by atoms with Crippen LogP contribution in [0.5, 0.6) is 0 Å². The summed E-state index contributed by atoms with van der Waals surface area (Å²) in [6, 6.07) is 1.19. The zero-order chi connectivity index (χ0) is 13.6. The molecule has 1 unspecified atom stereocenters. The van der Waals surface area contributed by atoms with Gasteiger partial charge in [0.25, 0.3) is 0 Å². The lowest BCUT2D eigenvalue weighted by Gasteiger charge is -2.23. The van der Waals surface area contributed by atoms with Gasteiger partial charge < -0.3 is 20.3 Å². The van der Waals surface area contributed by atoms with Gasteiger partial charge in [-0.1, -0.05) is 12.1 Å². The Balaban J connectivity index is 2.34. The summed E-state index contributed by atoms with van der Waals surface area (Å²) in [6.45, 7) is 3.64. The van der Waals surface area contributed by atoms with Crippen molar-refractivity contribution in [1.29, 1.82) is 0 Å². The van der Waals surface area contributed by atoms with Crippen molar-refractivity contribution >= 4 is 12.0 Å². The lowest BCUT2D eigenvalue weighted by atomic mass is 9.88. The van der Waals surface area contributed by atoms with Crippen LogP contribution in [0.25, 0.3) is 0 Å². The van der Waals surface area contributed by atoms with Gasteiger partial charge in [0.2, 0.25) is 0 Å². The molecular weight excluding hydrogens is 238 g/mol. The number of hydrogen-bond acceptors (Lipinski definition) is 4. The number of aromatic nitrogens is 1. The molecule has 1 heterocycles. The first-order valence-corrected chi connectivity index (χ1v) is 5.62. The van der Waals surface area contributed by atoms with E-state index in [1.165, 1.54) is 6.20 Å². The van der Waals surface area contributed by atoms with Crippen molar-refractivity contribution in [3.63, 3.8) is 0 Å². The Kier molecular flexibility index (Phi) is 4.70. The first-order valence-electron chi connectivity index (χ1n) is 5.62. The van der Waals surface area contributed by atoms with Crippen LogP contribution in [0.2, 0.25) is 0 Å². The predicted octanol–water partition coefficient (Wildman–Crippen LogP) is 0.975. The molecule has 1 rings (SSSR count). The van der Waals surface area contributed by atoms with Gasteiger partial charge in [-0.25, -0.2) is 4.79 Å². The maximum Gasteiger partial charge on any atom is 0.315 e. The van der Waals surface area contributed by atoms with Crippen molar-refractivity contribution in [3.8, 4) is 0 Å². The van der Waals surface area contributed by atoms with Crippen LogP contribution in [-0.2, 0) is 11.3 Å². The molecule has 0 saturated carbocycles. The molecule has 0 fully saturated rings. The second kappa shape index (κ2) is 6.04. The van der Waals surface area contributed by atoms with E-state index in [4.69, 9.17) is 9.63 Å².